The topological polar surface area (TPSA) is 151 Å². The van der Waals surface area contributed by atoms with Gasteiger partial charge in [0.2, 0.25) is 5.95 Å². The number of nitrogens with zero attached hydrogens (tertiary/aromatic N) is 3. The summed E-state index contributed by atoms with van der Waals surface area (Å²) in [4.78, 5) is 24.4. The Bertz CT molecular complexity index is 1330. The first-order chi connectivity index (χ1) is 16.5. The van der Waals surface area contributed by atoms with E-state index in [1.165, 1.54) is 24.6 Å². The maximum atomic E-state index is 12.5. The van der Waals surface area contributed by atoms with Crippen molar-refractivity contribution in [3.8, 4) is 0 Å². The second kappa shape index (κ2) is 10.4. The van der Waals surface area contributed by atoms with Crippen LogP contribution in [0.4, 0.5) is 23.3 Å². The monoisotopic (exact) mass is 479 g/mol. The van der Waals surface area contributed by atoms with Crippen LogP contribution >= 0.6 is 0 Å². The van der Waals surface area contributed by atoms with Gasteiger partial charge >= 0.3 is 0 Å². The van der Waals surface area contributed by atoms with Gasteiger partial charge in [-0.15, -0.1) is 0 Å². The Morgan fingerprint density at radius 1 is 0.882 bits per heavy atom. The summed E-state index contributed by atoms with van der Waals surface area (Å²) >= 11 is 0. The Labute approximate surface area is 195 Å². The third-order valence-corrected chi connectivity index (χ3v) is 5.81. The van der Waals surface area contributed by atoms with Gasteiger partial charge in [0.05, 0.1) is 11.2 Å². The minimum atomic E-state index is -3.75. The van der Waals surface area contributed by atoms with Crippen molar-refractivity contribution >= 4 is 39.2 Å². The molecule has 0 saturated heterocycles. The van der Waals surface area contributed by atoms with Crippen LogP contribution in [0.3, 0.4) is 0 Å². The molecule has 0 unspecified atom stereocenters. The van der Waals surface area contributed by atoms with Crippen LogP contribution in [0.15, 0.2) is 88.6 Å². The van der Waals surface area contributed by atoms with Crippen LogP contribution in [0.1, 0.15) is 10.6 Å². The average molecular weight is 480 g/mol. The molecule has 3 heterocycles. The Hall–Kier alpha value is -4.45. The molecule has 0 saturated carbocycles. The van der Waals surface area contributed by atoms with E-state index in [1.54, 1.807) is 54.7 Å². The molecule has 0 atom stereocenters. The average Bonchev–Trinajstić information content (AvgIpc) is 3.38. The van der Waals surface area contributed by atoms with Crippen molar-refractivity contribution in [2.75, 3.05) is 28.4 Å². The molecular formula is C22H21N7O4S. The number of anilines is 4. The number of sulfonamides is 1. The predicted molar refractivity (Wildman–Crippen MR) is 126 cm³/mol. The number of rotatable bonds is 10. The molecule has 0 spiro atoms. The Balaban J connectivity index is 1.30. The Morgan fingerprint density at radius 2 is 1.74 bits per heavy atom. The maximum Gasteiger partial charge on any atom is 0.287 e. The molecule has 0 fully saturated rings. The smallest absolute Gasteiger partial charge is 0.287 e. The highest BCUT2D eigenvalue weighted by Gasteiger charge is 2.14. The summed E-state index contributed by atoms with van der Waals surface area (Å²) in [6.45, 7) is 0.759. The van der Waals surface area contributed by atoms with E-state index >= 15 is 0 Å². The summed E-state index contributed by atoms with van der Waals surface area (Å²) in [7, 11) is -3.75. The zero-order valence-corrected chi connectivity index (χ0v) is 18.6. The number of pyridine rings is 1. The number of amides is 1. The van der Waals surface area contributed by atoms with Crippen molar-refractivity contribution in [3.63, 3.8) is 0 Å². The quantitative estimate of drug-likeness (QED) is 0.252. The standard InChI is InChI=1S/C22H21N7O4S/c30-21(18-4-3-15-33-18)24-13-14-26-22-25-12-10-20(28-22)27-16-6-8-17(9-7-16)34(31,32)29-19-5-1-2-11-23-19/h1-12,15H,13-14H2,(H,23,29)(H,24,30)(H2,25,26,27,28). The van der Waals surface area contributed by atoms with Crippen molar-refractivity contribution in [1.82, 2.24) is 20.3 Å². The van der Waals surface area contributed by atoms with Crippen LogP contribution in [0.25, 0.3) is 0 Å². The molecule has 0 radical (unpaired) electrons. The van der Waals surface area contributed by atoms with E-state index in [0.29, 0.717) is 30.5 Å². The van der Waals surface area contributed by atoms with Crippen LogP contribution in [-0.2, 0) is 10.0 Å². The van der Waals surface area contributed by atoms with Crippen LogP contribution in [-0.4, -0.2) is 42.4 Å². The van der Waals surface area contributed by atoms with Crippen molar-refractivity contribution in [3.05, 3.63) is 85.1 Å². The molecule has 3 aromatic heterocycles. The lowest BCUT2D eigenvalue weighted by Crippen LogP contribution is -2.28. The second-order valence-electron chi connectivity index (χ2n) is 6.90. The molecule has 0 aliphatic rings. The largest absolute Gasteiger partial charge is 0.459 e. The van der Waals surface area contributed by atoms with E-state index < -0.39 is 10.0 Å². The minimum absolute atomic E-state index is 0.102. The van der Waals surface area contributed by atoms with E-state index in [0.717, 1.165) is 0 Å². The molecule has 4 N–H and O–H groups in total. The molecule has 0 aliphatic heterocycles. The van der Waals surface area contributed by atoms with Gasteiger partial charge in [-0.3, -0.25) is 9.52 Å². The molecule has 34 heavy (non-hydrogen) atoms. The summed E-state index contributed by atoms with van der Waals surface area (Å²) in [5.41, 5.74) is 0.646. The first-order valence-electron chi connectivity index (χ1n) is 10.2. The van der Waals surface area contributed by atoms with Crippen LogP contribution in [0.2, 0.25) is 0 Å². The SMILES string of the molecule is O=C(NCCNc1nccc(Nc2ccc(S(=O)(=O)Nc3ccccn3)cc2)n1)c1ccco1. The zero-order chi connectivity index (χ0) is 23.8. The fraction of sp³-hybridized carbons (Fsp3) is 0.0909. The minimum Gasteiger partial charge on any atom is -0.459 e. The molecule has 1 amide bonds. The molecule has 0 bridgehead atoms. The lowest BCUT2D eigenvalue weighted by Gasteiger charge is -2.10. The van der Waals surface area contributed by atoms with Gasteiger partial charge in [-0.25, -0.2) is 18.4 Å². The van der Waals surface area contributed by atoms with Gasteiger partial charge in [-0.05, 0) is 54.6 Å². The van der Waals surface area contributed by atoms with Gasteiger partial charge in [-0.2, -0.15) is 4.98 Å². The number of hydrogen-bond donors (Lipinski definition) is 4. The van der Waals surface area contributed by atoms with E-state index in [-0.39, 0.29) is 22.4 Å². The molecule has 11 nitrogen and oxygen atoms in total. The molecular weight excluding hydrogens is 458 g/mol. The molecule has 12 heteroatoms. The summed E-state index contributed by atoms with van der Waals surface area (Å²) in [5, 5.41) is 8.84. The number of benzene rings is 1. The van der Waals surface area contributed by atoms with Crippen LogP contribution in [0, 0.1) is 0 Å². The van der Waals surface area contributed by atoms with Crippen LogP contribution < -0.4 is 20.7 Å². The van der Waals surface area contributed by atoms with E-state index in [4.69, 9.17) is 4.42 Å². The van der Waals surface area contributed by atoms with Gasteiger partial charge < -0.3 is 20.4 Å². The molecule has 174 valence electrons. The van der Waals surface area contributed by atoms with E-state index in [1.807, 2.05) is 0 Å². The normalized spacial score (nSPS) is 10.9. The highest BCUT2D eigenvalue weighted by molar-refractivity contribution is 7.92. The van der Waals surface area contributed by atoms with Crippen molar-refractivity contribution in [2.45, 2.75) is 4.90 Å². The number of furan rings is 1. The summed E-state index contributed by atoms with van der Waals surface area (Å²) < 4.78 is 32.5. The lowest BCUT2D eigenvalue weighted by molar-refractivity contribution is 0.0927. The summed E-state index contributed by atoms with van der Waals surface area (Å²) in [6, 6.07) is 16.1. The first kappa shape index (κ1) is 22.7. The van der Waals surface area contributed by atoms with E-state index in [2.05, 4.69) is 35.6 Å². The number of hydrogen-bond acceptors (Lipinski definition) is 9. The zero-order valence-electron chi connectivity index (χ0n) is 17.8. The third kappa shape index (κ3) is 6.07. The number of nitrogens with one attached hydrogen (secondary N) is 4. The van der Waals surface area contributed by atoms with Gasteiger partial charge in [0.25, 0.3) is 15.9 Å². The fourth-order valence-electron chi connectivity index (χ4n) is 2.84. The molecule has 4 aromatic rings. The van der Waals surface area contributed by atoms with Gasteiger partial charge in [0.1, 0.15) is 11.6 Å². The third-order valence-electron chi connectivity index (χ3n) is 4.44. The Kier molecular flexibility index (Phi) is 6.98. The van der Waals surface area contributed by atoms with Crippen molar-refractivity contribution in [1.29, 1.82) is 0 Å². The molecule has 4 rings (SSSR count). The fourth-order valence-corrected chi connectivity index (χ4v) is 3.85. The van der Waals surface area contributed by atoms with Crippen molar-refractivity contribution in [2.24, 2.45) is 0 Å². The second-order valence-corrected chi connectivity index (χ2v) is 8.58. The first-order valence-corrected chi connectivity index (χ1v) is 11.7. The van der Waals surface area contributed by atoms with Gasteiger partial charge in [0.15, 0.2) is 5.76 Å². The van der Waals surface area contributed by atoms with Crippen molar-refractivity contribution < 1.29 is 17.6 Å². The molecule has 0 aliphatic carbocycles. The summed E-state index contributed by atoms with van der Waals surface area (Å²) in [6.07, 6.45) is 4.52. The number of carbonyl (C=O) groups excluding carboxylic acids is 1. The number of carbonyl (C=O) groups is 1. The Morgan fingerprint density at radius 3 is 2.47 bits per heavy atom. The summed E-state index contributed by atoms with van der Waals surface area (Å²) in [5.74, 6) is 1.07. The van der Waals surface area contributed by atoms with Gasteiger partial charge in [-0.1, -0.05) is 6.07 Å². The van der Waals surface area contributed by atoms with Gasteiger partial charge in [0, 0.05) is 31.2 Å². The predicted octanol–water partition coefficient (Wildman–Crippen LogP) is 2.85. The molecule has 1 aromatic carbocycles. The highest BCUT2D eigenvalue weighted by Crippen LogP contribution is 2.19. The van der Waals surface area contributed by atoms with E-state index in [9.17, 15) is 13.2 Å². The maximum absolute atomic E-state index is 12.5. The highest BCUT2D eigenvalue weighted by atomic mass is 32.2. The number of aromatic nitrogens is 3. The van der Waals surface area contributed by atoms with Crippen LogP contribution in [0.5, 0.6) is 0 Å². The lowest BCUT2D eigenvalue weighted by atomic mass is 10.3.